The maximum Gasteiger partial charge on any atom is 0.412 e. The van der Waals surface area contributed by atoms with Gasteiger partial charge in [0, 0.05) is 22.9 Å². The van der Waals surface area contributed by atoms with E-state index < -0.39 is 11.7 Å². The van der Waals surface area contributed by atoms with Gasteiger partial charge in [0.2, 0.25) is 0 Å². The standard InChI is InChI=1S/C19H22ClN3O3/c1-19(2,3)26-18(25)23-15-10-8-14(9-11-15)22-17(24)21-12-13-6-4-5-7-16(13)20/h4-11H,12H2,1-3H3,(H,23,25)(H2,21,22,24). The lowest BCUT2D eigenvalue weighted by molar-refractivity contribution is 0.0636. The molecule has 2 aromatic rings. The average molecular weight is 376 g/mol. The highest BCUT2D eigenvalue weighted by Crippen LogP contribution is 2.16. The van der Waals surface area contributed by atoms with Crippen LogP contribution in [0.3, 0.4) is 0 Å². The maximum atomic E-state index is 12.0. The minimum atomic E-state index is -0.564. The molecular weight excluding hydrogens is 354 g/mol. The molecule has 0 unspecified atom stereocenters. The van der Waals surface area contributed by atoms with E-state index in [0.717, 1.165) is 5.56 Å². The Bertz CT molecular complexity index is 770. The first-order valence-corrected chi connectivity index (χ1v) is 8.49. The highest BCUT2D eigenvalue weighted by atomic mass is 35.5. The molecule has 0 saturated heterocycles. The molecule has 138 valence electrons. The second kappa shape index (κ2) is 8.58. The van der Waals surface area contributed by atoms with Crippen LogP contribution in [-0.2, 0) is 11.3 Å². The smallest absolute Gasteiger partial charge is 0.412 e. The number of ether oxygens (including phenoxy) is 1. The van der Waals surface area contributed by atoms with E-state index in [-0.39, 0.29) is 6.03 Å². The van der Waals surface area contributed by atoms with Crippen molar-refractivity contribution in [2.75, 3.05) is 10.6 Å². The summed E-state index contributed by atoms with van der Waals surface area (Å²) in [5.41, 5.74) is 1.43. The monoisotopic (exact) mass is 375 g/mol. The lowest BCUT2D eigenvalue weighted by Crippen LogP contribution is -2.28. The summed E-state index contributed by atoms with van der Waals surface area (Å²) in [4.78, 5) is 23.7. The van der Waals surface area contributed by atoms with Crippen LogP contribution < -0.4 is 16.0 Å². The Labute approximate surface area is 157 Å². The van der Waals surface area contributed by atoms with Crippen LogP contribution in [0.25, 0.3) is 0 Å². The summed E-state index contributed by atoms with van der Waals surface area (Å²) in [6.45, 7) is 5.70. The number of halogens is 1. The molecule has 0 aliphatic carbocycles. The highest BCUT2D eigenvalue weighted by molar-refractivity contribution is 6.31. The van der Waals surface area contributed by atoms with Gasteiger partial charge in [-0.05, 0) is 56.7 Å². The number of nitrogens with one attached hydrogen (secondary N) is 3. The number of urea groups is 1. The molecule has 7 heteroatoms. The fraction of sp³-hybridized carbons (Fsp3) is 0.263. The fourth-order valence-electron chi connectivity index (χ4n) is 2.05. The number of anilines is 2. The molecule has 3 amide bonds. The van der Waals surface area contributed by atoms with Crippen LogP contribution in [-0.4, -0.2) is 17.7 Å². The van der Waals surface area contributed by atoms with E-state index >= 15 is 0 Å². The second-order valence-corrected chi connectivity index (χ2v) is 7.01. The van der Waals surface area contributed by atoms with E-state index in [9.17, 15) is 9.59 Å². The van der Waals surface area contributed by atoms with E-state index in [2.05, 4.69) is 16.0 Å². The summed E-state index contributed by atoms with van der Waals surface area (Å²) >= 11 is 6.05. The van der Waals surface area contributed by atoms with Crippen molar-refractivity contribution in [2.24, 2.45) is 0 Å². The third-order valence-electron chi connectivity index (χ3n) is 3.19. The maximum absolute atomic E-state index is 12.0. The number of hydrogen-bond acceptors (Lipinski definition) is 3. The van der Waals surface area contributed by atoms with Gasteiger partial charge in [0.25, 0.3) is 0 Å². The Morgan fingerprint density at radius 3 is 2.12 bits per heavy atom. The van der Waals surface area contributed by atoms with Gasteiger partial charge in [0.1, 0.15) is 5.60 Å². The molecule has 0 aliphatic heterocycles. The fourth-order valence-corrected chi connectivity index (χ4v) is 2.25. The summed E-state index contributed by atoms with van der Waals surface area (Å²) in [7, 11) is 0. The van der Waals surface area contributed by atoms with Gasteiger partial charge in [-0.1, -0.05) is 29.8 Å². The Kier molecular flexibility index (Phi) is 6.46. The van der Waals surface area contributed by atoms with Crippen LogP contribution in [0.4, 0.5) is 21.0 Å². The normalized spacial score (nSPS) is 10.8. The minimum Gasteiger partial charge on any atom is -0.444 e. The molecule has 0 atom stereocenters. The van der Waals surface area contributed by atoms with Gasteiger partial charge < -0.3 is 15.4 Å². The Balaban J connectivity index is 1.83. The van der Waals surface area contributed by atoms with Crippen molar-refractivity contribution in [2.45, 2.75) is 32.9 Å². The second-order valence-electron chi connectivity index (χ2n) is 6.60. The van der Waals surface area contributed by atoms with Crippen LogP contribution in [0.15, 0.2) is 48.5 Å². The molecule has 0 heterocycles. The van der Waals surface area contributed by atoms with E-state index in [1.54, 1.807) is 51.1 Å². The van der Waals surface area contributed by atoms with Crippen LogP contribution in [0.1, 0.15) is 26.3 Å². The summed E-state index contributed by atoms with van der Waals surface area (Å²) < 4.78 is 5.18. The predicted octanol–water partition coefficient (Wildman–Crippen LogP) is 5.01. The molecule has 26 heavy (non-hydrogen) atoms. The largest absolute Gasteiger partial charge is 0.444 e. The van der Waals surface area contributed by atoms with Crippen molar-refractivity contribution in [1.82, 2.24) is 5.32 Å². The van der Waals surface area contributed by atoms with Crippen molar-refractivity contribution in [3.63, 3.8) is 0 Å². The predicted molar refractivity (Wildman–Crippen MR) is 104 cm³/mol. The van der Waals surface area contributed by atoms with Crippen LogP contribution >= 0.6 is 11.6 Å². The van der Waals surface area contributed by atoms with Gasteiger partial charge in [-0.3, -0.25) is 5.32 Å². The van der Waals surface area contributed by atoms with Gasteiger partial charge in [0.05, 0.1) is 0 Å². The van der Waals surface area contributed by atoms with E-state index in [0.29, 0.717) is 22.9 Å². The molecular formula is C19H22ClN3O3. The topological polar surface area (TPSA) is 79.5 Å². The molecule has 3 N–H and O–H groups in total. The Hall–Kier alpha value is -2.73. The molecule has 2 rings (SSSR count). The summed E-state index contributed by atoms with van der Waals surface area (Å²) in [5.74, 6) is 0. The molecule has 6 nitrogen and oxygen atoms in total. The lowest BCUT2D eigenvalue weighted by Gasteiger charge is -2.19. The first-order valence-electron chi connectivity index (χ1n) is 8.11. The summed E-state index contributed by atoms with van der Waals surface area (Å²) in [6.07, 6.45) is -0.532. The van der Waals surface area contributed by atoms with E-state index in [1.807, 2.05) is 18.2 Å². The molecule has 0 aliphatic rings. The number of amides is 3. The molecule has 0 radical (unpaired) electrons. The number of hydrogen-bond donors (Lipinski definition) is 3. The number of rotatable bonds is 4. The molecule has 0 aromatic heterocycles. The first-order chi connectivity index (χ1) is 12.2. The van der Waals surface area contributed by atoms with Crippen LogP contribution in [0, 0.1) is 0 Å². The van der Waals surface area contributed by atoms with Crippen molar-refractivity contribution < 1.29 is 14.3 Å². The van der Waals surface area contributed by atoms with Crippen molar-refractivity contribution in [1.29, 1.82) is 0 Å². The van der Waals surface area contributed by atoms with Crippen molar-refractivity contribution in [3.8, 4) is 0 Å². The zero-order valence-electron chi connectivity index (χ0n) is 14.9. The molecule has 0 fully saturated rings. The van der Waals surface area contributed by atoms with Gasteiger partial charge in [-0.25, -0.2) is 9.59 Å². The van der Waals surface area contributed by atoms with Crippen LogP contribution in [0.2, 0.25) is 5.02 Å². The quantitative estimate of drug-likeness (QED) is 0.702. The molecule has 0 bridgehead atoms. The summed E-state index contributed by atoms with van der Waals surface area (Å²) in [6, 6.07) is 13.7. The van der Waals surface area contributed by atoms with Gasteiger partial charge in [0.15, 0.2) is 0 Å². The Morgan fingerprint density at radius 1 is 0.962 bits per heavy atom. The lowest BCUT2D eigenvalue weighted by atomic mass is 10.2. The molecule has 0 saturated carbocycles. The van der Waals surface area contributed by atoms with Crippen LogP contribution in [0.5, 0.6) is 0 Å². The highest BCUT2D eigenvalue weighted by Gasteiger charge is 2.16. The number of carbonyl (C=O) groups is 2. The average Bonchev–Trinajstić information content (AvgIpc) is 2.54. The zero-order valence-corrected chi connectivity index (χ0v) is 15.7. The Morgan fingerprint density at radius 2 is 1.54 bits per heavy atom. The third-order valence-corrected chi connectivity index (χ3v) is 3.55. The third kappa shape index (κ3) is 6.64. The number of benzene rings is 2. The van der Waals surface area contributed by atoms with Crippen molar-refractivity contribution in [3.05, 3.63) is 59.1 Å². The first kappa shape index (κ1) is 19.6. The molecule has 0 spiro atoms. The zero-order chi connectivity index (χ0) is 19.2. The van der Waals surface area contributed by atoms with E-state index in [1.165, 1.54) is 0 Å². The van der Waals surface area contributed by atoms with Gasteiger partial charge in [-0.15, -0.1) is 0 Å². The van der Waals surface area contributed by atoms with Crippen molar-refractivity contribution >= 4 is 35.1 Å². The SMILES string of the molecule is CC(C)(C)OC(=O)Nc1ccc(NC(=O)NCc2ccccc2Cl)cc1. The molecule has 2 aromatic carbocycles. The number of carbonyl (C=O) groups excluding carboxylic acids is 2. The van der Waals surface area contributed by atoms with Gasteiger partial charge in [-0.2, -0.15) is 0 Å². The van der Waals surface area contributed by atoms with E-state index in [4.69, 9.17) is 16.3 Å². The summed E-state index contributed by atoms with van der Waals surface area (Å²) in [5, 5.41) is 8.68. The van der Waals surface area contributed by atoms with Gasteiger partial charge >= 0.3 is 12.1 Å². The minimum absolute atomic E-state index is 0.323.